The number of ether oxygens (including phenoxy) is 1. The number of carbonyl (C=O) groups is 2. The summed E-state index contributed by atoms with van der Waals surface area (Å²) < 4.78 is 27.6. The molecule has 0 aromatic heterocycles. The summed E-state index contributed by atoms with van der Waals surface area (Å²) >= 11 is 0. The maximum Gasteiger partial charge on any atom is 0.335 e. The third-order valence-electron chi connectivity index (χ3n) is 2.90. The Balaban J connectivity index is 0.000000541. The molecule has 0 radical (unpaired) electrons. The summed E-state index contributed by atoms with van der Waals surface area (Å²) in [6.07, 6.45) is -3.94. The number of aliphatic carboxylic acids is 2. The Morgan fingerprint density at radius 1 is 1.15 bits per heavy atom. The van der Waals surface area contributed by atoms with Crippen molar-refractivity contribution in [3.63, 3.8) is 0 Å². The van der Waals surface area contributed by atoms with Crippen molar-refractivity contribution < 1.29 is 43.2 Å². The second-order valence-corrected chi connectivity index (χ2v) is 6.81. The summed E-state index contributed by atoms with van der Waals surface area (Å²) in [5.41, 5.74) is 6.46. The van der Waals surface area contributed by atoms with E-state index in [1.54, 1.807) is 12.1 Å². The molecular weight excluding hydrogens is 372 g/mol. The van der Waals surface area contributed by atoms with Gasteiger partial charge in [-0.1, -0.05) is 6.07 Å². The zero-order valence-corrected chi connectivity index (χ0v) is 14.9. The summed E-state index contributed by atoms with van der Waals surface area (Å²) in [5, 5.41) is 37.6. The van der Waals surface area contributed by atoms with Gasteiger partial charge in [-0.25, -0.2) is 23.1 Å². The minimum Gasteiger partial charge on any atom is -0.495 e. The summed E-state index contributed by atoms with van der Waals surface area (Å²) in [6, 6.07) is 4.81. The van der Waals surface area contributed by atoms with Gasteiger partial charge in [0.15, 0.2) is 12.2 Å². The molecule has 2 unspecified atom stereocenters. The van der Waals surface area contributed by atoms with Gasteiger partial charge in [0.2, 0.25) is 10.0 Å². The third kappa shape index (κ3) is 7.76. The predicted octanol–water partition coefficient (Wildman–Crippen LogP) is -1.89. The molecule has 8 N–H and O–H groups in total. The Morgan fingerprint density at radius 3 is 1.92 bits per heavy atom. The van der Waals surface area contributed by atoms with Crippen LogP contribution in [0.3, 0.4) is 0 Å². The number of benzene rings is 1. The molecule has 0 aliphatic heterocycles. The van der Waals surface area contributed by atoms with Crippen LogP contribution in [0, 0.1) is 0 Å². The number of rotatable bonds is 7. The SMILES string of the molecule is COc1ccc(C[C@@H](C)N)cc1S(N)(=O)=O.O=C(O)C(O)C(O)C(=O)O. The maximum atomic E-state index is 11.3. The van der Waals surface area contributed by atoms with Crippen molar-refractivity contribution in [1.82, 2.24) is 0 Å². The lowest BCUT2D eigenvalue weighted by molar-refractivity contribution is -0.165. The minimum atomic E-state index is -3.77. The number of aliphatic hydroxyl groups is 2. The fraction of sp³-hybridized carbons (Fsp3) is 0.429. The van der Waals surface area contributed by atoms with E-state index < -0.39 is 34.2 Å². The standard InChI is InChI=1S/C10H16N2O3S.C4H6O6/c1-7(11)5-8-3-4-9(15-2)10(6-8)16(12,13)14;5-1(3(7)8)2(6)4(9)10/h3-4,6-7H,5,11H2,1-2H3,(H2,12,13,14);1-2,5-6H,(H,7,8)(H,9,10)/t7-;/m1./s1. The van der Waals surface area contributed by atoms with Crippen LogP contribution in [0.1, 0.15) is 12.5 Å². The first-order chi connectivity index (χ1) is 11.8. The summed E-state index contributed by atoms with van der Waals surface area (Å²) in [4.78, 5) is 19.5. The minimum absolute atomic E-state index is 0.00634. The number of aliphatic hydroxyl groups excluding tert-OH is 2. The van der Waals surface area contributed by atoms with Crippen LogP contribution in [0.25, 0.3) is 0 Å². The van der Waals surface area contributed by atoms with Gasteiger partial charge in [0.05, 0.1) is 7.11 Å². The molecule has 0 aliphatic rings. The highest BCUT2D eigenvalue weighted by molar-refractivity contribution is 7.89. The first-order valence-electron chi connectivity index (χ1n) is 7.08. The van der Waals surface area contributed by atoms with Crippen LogP contribution in [0.5, 0.6) is 5.75 Å². The van der Waals surface area contributed by atoms with Gasteiger partial charge in [-0.3, -0.25) is 0 Å². The van der Waals surface area contributed by atoms with Crippen molar-refractivity contribution in [3.8, 4) is 5.75 Å². The number of nitrogens with two attached hydrogens (primary N) is 2. The summed E-state index contributed by atoms with van der Waals surface area (Å²) in [5.74, 6) is -3.29. The van der Waals surface area contributed by atoms with Gasteiger partial charge >= 0.3 is 11.9 Å². The molecule has 0 bridgehead atoms. The second-order valence-electron chi connectivity index (χ2n) is 5.28. The van der Waals surface area contributed by atoms with E-state index in [-0.39, 0.29) is 16.7 Å². The van der Waals surface area contributed by atoms with Crippen molar-refractivity contribution in [3.05, 3.63) is 23.8 Å². The van der Waals surface area contributed by atoms with Crippen LogP contribution in [-0.2, 0) is 26.0 Å². The smallest absolute Gasteiger partial charge is 0.335 e. The highest BCUT2D eigenvalue weighted by Crippen LogP contribution is 2.24. The van der Waals surface area contributed by atoms with E-state index >= 15 is 0 Å². The number of carboxylic acid groups (broad SMARTS) is 2. The number of carboxylic acids is 2. The van der Waals surface area contributed by atoms with Crippen LogP contribution in [0.15, 0.2) is 23.1 Å². The molecule has 12 heteroatoms. The van der Waals surface area contributed by atoms with E-state index in [0.717, 1.165) is 5.56 Å². The lowest BCUT2D eigenvalue weighted by Gasteiger charge is -2.10. The molecule has 148 valence electrons. The number of sulfonamides is 1. The molecule has 0 fully saturated rings. The molecule has 1 aromatic carbocycles. The van der Waals surface area contributed by atoms with E-state index in [9.17, 15) is 18.0 Å². The molecule has 0 aliphatic carbocycles. The monoisotopic (exact) mass is 394 g/mol. The highest BCUT2D eigenvalue weighted by atomic mass is 32.2. The summed E-state index contributed by atoms with van der Waals surface area (Å²) in [6.45, 7) is 1.85. The Labute approximate surface area is 149 Å². The van der Waals surface area contributed by atoms with Crippen molar-refractivity contribution in [2.45, 2.75) is 36.5 Å². The molecule has 11 nitrogen and oxygen atoms in total. The summed E-state index contributed by atoms with van der Waals surface area (Å²) in [7, 11) is -2.37. The van der Waals surface area contributed by atoms with E-state index in [1.807, 2.05) is 6.92 Å². The van der Waals surface area contributed by atoms with Crippen LogP contribution < -0.4 is 15.6 Å². The lowest BCUT2D eigenvalue weighted by Crippen LogP contribution is -2.39. The topological polar surface area (TPSA) is 210 Å². The molecule has 0 saturated carbocycles. The van der Waals surface area contributed by atoms with Gasteiger partial charge in [-0.2, -0.15) is 0 Å². The fourth-order valence-corrected chi connectivity index (χ4v) is 2.46. The molecule has 0 saturated heterocycles. The molecule has 26 heavy (non-hydrogen) atoms. The quantitative estimate of drug-likeness (QED) is 0.302. The Kier molecular flexibility index (Phi) is 9.17. The largest absolute Gasteiger partial charge is 0.495 e. The average Bonchev–Trinajstić information content (AvgIpc) is 2.52. The van der Waals surface area contributed by atoms with Gasteiger partial charge in [0.25, 0.3) is 0 Å². The maximum absolute atomic E-state index is 11.3. The Bertz CT molecular complexity index is 716. The zero-order chi connectivity index (χ0) is 20.7. The fourth-order valence-electron chi connectivity index (χ4n) is 1.71. The Hall–Kier alpha value is -2.25. The molecule has 0 heterocycles. The zero-order valence-electron chi connectivity index (χ0n) is 14.1. The highest BCUT2D eigenvalue weighted by Gasteiger charge is 2.29. The molecule has 1 rings (SSSR count). The normalized spacial score (nSPS) is 14.4. The lowest BCUT2D eigenvalue weighted by atomic mass is 10.1. The molecular formula is C14H22N2O9S. The van der Waals surface area contributed by atoms with Gasteiger partial charge in [-0.15, -0.1) is 0 Å². The second kappa shape index (κ2) is 10.0. The van der Waals surface area contributed by atoms with Crippen molar-refractivity contribution in [1.29, 1.82) is 0 Å². The van der Waals surface area contributed by atoms with Crippen LogP contribution >= 0.6 is 0 Å². The first-order valence-corrected chi connectivity index (χ1v) is 8.62. The molecule has 3 atom stereocenters. The number of hydrogen-bond acceptors (Lipinski definition) is 8. The molecule has 0 spiro atoms. The first kappa shape index (κ1) is 23.8. The molecule has 0 amide bonds. The van der Waals surface area contributed by atoms with Crippen LogP contribution in [0.2, 0.25) is 0 Å². The van der Waals surface area contributed by atoms with Crippen LogP contribution in [0.4, 0.5) is 0 Å². The number of hydrogen-bond donors (Lipinski definition) is 6. The van der Waals surface area contributed by atoms with Crippen LogP contribution in [-0.4, -0.2) is 66.1 Å². The van der Waals surface area contributed by atoms with Gasteiger partial charge in [0, 0.05) is 6.04 Å². The number of methoxy groups -OCH3 is 1. The van der Waals surface area contributed by atoms with Crippen molar-refractivity contribution in [2.75, 3.05) is 7.11 Å². The van der Waals surface area contributed by atoms with E-state index in [2.05, 4.69) is 0 Å². The van der Waals surface area contributed by atoms with E-state index in [1.165, 1.54) is 13.2 Å². The molecule has 1 aromatic rings. The van der Waals surface area contributed by atoms with Gasteiger partial charge in [-0.05, 0) is 31.0 Å². The Morgan fingerprint density at radius 2 is 1.62 bits per heavy atom. The van der Waals surface area contributed by atoms with Gasteiger partial charge in [0.1, 0.15) is 10.6 Å². The number of primary sulfonamides is 1. The van der Waals surface area contributed by atoms with Crippen molar-refractivity contribution >= 4 is 22.0 Å². The average molecular weight is 394 g/mol. The van der Waals surface area contributed by atoms with Gasteiger partial charge < -0.3 is 30.9 Å². The van der Waals surface area contributed by atoms with E-state index in [0.29, 0.717) is 6.42 Å². The van der Waals surface area contributed by atoms with Crippen molar-refractivity contribution in [2.24, 2.45) is 10.9 Å². The predicted molar refractivity (Wildman–Crippen MR) is 89.0 cm³/mol. The van der Waals surface area contributed by atoms with E-state index in [4.69, 9.17) is 36.0 Å². The third-order valence-corrected chi connectivity index (χ3v) is 3.83.